The fourth-order valence-electron chi connectivity index (χ4n) is 3.54. The molecule has 120 valence electrons. The average Bonchev–Trinajstić information content (AvgIpc) is 2.87. The van der Waals surface area contributed by atoms with Crippen LogP contribution in [0.1, 0.15) is 46.0 Å². The minimum atomic E-state index is -0.0737. The minimum absolute atomic E-state index is 0.0633. The van der Waals surface area contributed by atoms with Crippen LogP contribution in [0.25, 0.3) is 10.8 Å². The Labute approximate surface area is 140 Å². The normalized spacial score (nSPS) is 13.5. The zero-order valence-corrected chi connectivity index (χ0v) is 14.0. The zero-order chi connectivity index (χ0) is 17.0. The van der Waals surface area contributed by atoms with Gasteiger partial charge in [-0.2, -0.15) is 0 Å². The van der Waals surface area contributed by atoms with Crippen molar-refractivity contribution in [2.75, 3.05) is 0 Å². The molecule has 4 heteroatoms. The first kappa shape index (κ1) is 14.8. The van der Waals surface area contributed by atoms with E-state index in [1.165, 1.54) is 0 Å². The lowest BCUT2D eigenvalue weighted by atomic mass is 9.87. The molecule has 1 aliphatic carbocycles. The summed E-state index contributed by atoms with van der Waals surface area (Å²) in [5, 5.41) is 1.96. The molecule has 1 aliphatic rings. The number of fused-ring (bicyclic) bond motifs is 3. The van der Waals surface area contributed by atoms with E-state index in [4.69, 9.17) is 0 Å². The number of carbonyl (C=O) groups is 2. The Morgan fingerprint density at radius 1 is 1.00 bits per heavy atom. The van der Waals surface area contributed by atoms with Gasteiger partial charge in [0, 0.05) is 11.1 Å². The van der Waals surface area contributed by atoms with Crippen LogP contribution in [-0.2, 0) is 13.6 Å². The summed E-state index contributed by atoms with van der Waals surface area (Å²) in [6, 6.07) is 11.5. The number of imidazole rings is 1. The fourth-order valence-corrected chi connectivity index (χ4v) is 3.54. The van der Waals surface area contributed by atoms with E-state index < -0.39 is 0 Å². The molecule has 1 aromatic heterocycles. The van der Waals surface area contributed by atoms with Crippen molar-refractivity contribution in [2.24, 2.45) is 13.0 Å². The second kappa shape index (κ2) is 5.13. The third-order valence-corrected chi connectivity index (χ3v) is 4.54. The van der Waals surface area contributed by atoms with Gasteiger partial charge in [0.1, 0.15) is 0 Å². The number of carbonyl (C=O) groups excluding carboxylic acids is 2. The monoisotopic (exact) mass is 319 g/mol. The Kier molecular flexibility index (Phi) is 3.17. The predicted molar refractivity (Wildman–Crippen MR) is 91.3 cm³/mol. The van der Waals surface area contributed by atoms with Gasteiger partial charge >= 0.3 is 0 Å². The maximum Gasteiger partial charge on any atom is 0.244 e. The summed E-state index contributed by atoms with van der Waals surface area (Å²) in [5.74, 6) is 0.254. The molecule has 1 heterocycles. The molecular weight excluding hydrogens is 300 g/mol. The average molecular weight is 319 g/mol. The van der Waals surface area contributed by atoms with Gasteiger partial charge < -0.3 is 0 Å². The highest BCUT2D eigenvalue weighted by atomic mass is 16.1. The number of hydrogen-bond donors (Lipinski definition) is 0. The molecular formula is C20H19N2O2+. The lowest BCUT2D eigenvalue weighted by Gasteiger charge is -2.14. The van der Waals surface area contributed by atoms with Crippen LogP contribution in [0.5, 0.6) is 0 Å². The van der Waals surface area contributed by atoms with E-state index >= 15 is 0 Å². The van der Waals surface area contributed by atoms with Crippen LogP contribution in [0.2, 0.25) is 0 Å². The zero-order valence-electron chi connectivity index (χ0n) is 14.0. The van der Waals surface area contributed by atoms with Crippen molar-refractivity contribution < 1.29 is 14.2 Å². The third kappa shape index (κ3) is 2.03. The van der Waals surface area contributed by atoms with Crippen LogP contribution >= 0.6 is 0 Å². The molecule has 0 radical (unpaired) electrons. The van der Waals surface area contributed by atoms with Crippen molar-refractivity contribution in [3.05, 3.63) is 65.2 Å². The van der Waals surface area contributed by atoms with Gasteiger partial charge in [0.2, 0.25) is 29.3 Å². The number of ketones is 2. The molecule has 0 atom stereocenters. The predicted octanol–water partition coefficient (Wildman–Crippen LogP) is 2.90. The van der Waals surface area contributed by atoms with Gasteiger partial charge in [-0.15, -0.1) is 0 Å². The summed E-state index contributed by atoms with van der Waals surface area (Å²) in [6.07, 6.45) is 1.85. The lowest BCUT2D eigenvalue weighted by molar-refractivity contribution is -0.672. The highest BCUT2D eigenvalue weighted by Crippen LogP contribution is 2.29. The maximum absolute atomic E-state index is 13.1. The quantitative estimate of drug-likeness (QED) is 0.533. The molecule has 0 aliphatic heterocycles. The summed E-state index contributed by atoms with van der Waals surface area (Å²) in [7, 11) is 1.83. The minimum Gasteiger partial charge on any atom is -0.284 e. The lowest BCUT2D eigenvalue weighted by Crippen LogP contribution is -2.36. The SMILES string of the molecule is CC(C)Cn1c[n+](C)c2c1C(=O)c1cc3ccccc3cc1C2=O. The number of aromatic nitrogens is 2. The van der Waals surface area contributed by atoms with E-state index in [1.54, 1.807) is 4.57 Å². The molecule has 24 heavy (non-hydrogen) atoms. The van der Waals surface area contributed by atoms with Gasteiger partial charge in [-0.25, -0.2) is 9.13 Å². The summed E-state index contributed by atoms with van der Waals surface area (Å²) < 4.78 is 3.69. The number of benzene rings is 2. The second-order valence-corrected chi connectivity index (χ2v) is 6.87. The first-order valence-electron chi connectivity index (χ1n) is 8.18. The Morgan fingerprint density at radius 2 is 1.58 bits per heavy atom. The Hall–Kier alpha value is -2.75. The molecule has 0 bridgehead atoms. The second-order valence-electron chi connectivity index (χ2n) is 6.87. The fraction of sp³-hybridized carbons (Fsp3) is 0.250. The Balaban J connectivity index is 1.98. The van der Waals surface area contributed by atoms with Crippen LogP contribution < -0.4 is 4.57 Å². The topological polar surface area (TPSA) is 43.0 Å². The van der Waals surface area contributed by atoms with Gasteiger partial charge in [-0.1, -0.05) is 38.1 Å². The number of nitrogens with zero attached hydrogens (tertiary/aromatic N) is 2. The van der Waals surface area contributed by atoms with E-state index in [-0.39, 0.29) is 11.6 Å². The molecule has 0 unspecified atom stereocenters. The van der Waals surface area contributed by atoms with E-state index in [0.29, 0.717) is 35.0 Å². The molecule has 4 nitrogen and oxygen atoms in total. The number of hydrogen-bond acceptors (Lipinski definition) is 2. The van der Waals surface area contributed by atoms with Crippen molar-refractivity contribution in [1.29, 1.82) is 0 Å². The third-order valence-electron chi connectivity index (χ3n) is 4.54. The van der Waals surface area contributed by atoms with E-state index in [9.17, 15) is 9.59 Å². The van der Waals surface area contributed by atoms with Crippen molar-refractivity contribution in [3.8, 4) is 0 Å². The molecule has 0 saturated heterocycles. The molecule has 0 N–H and O–H groups in total. The summed E-state index contributed by atoms with van der Waals surface area (Å²) in [6.45, 7) is 4.91. The number of rotatable bonds is 2. The molecule has 4 rings (SSSR count). The van der Waals surface area contributed by atoms with Crippen molar-refractivity contribution in [2.45, 2.75) is 20.4 Å². The van der Waals surface area contributed by atoms with Crippen LogP contribution in [0.15, 0.2) is 42.7 Å². The van der Waals surface area contributed by atoms with Crippen molar-refractivity contribution in [3.63, 3.8) is 0 Å². The summed E-state index contributed by atoms with van der Waals surface area (Å²) >= 11 is 0. The van der Waals surface area contributed by atoms with Crippen LogP contribution in [0.4, 0.5) is 0 Å². The molecule has 0 saturated carbocycles. The highest BCUT2D eigenvalue weighted by molar-refractivity contribution is 6.27. The van der Waals surface area contributed by atoms with E-state index in [1.807, 2.05) is 54.3 Å². The highest BCUT2D eigenvalue weighted by Gasteiger charge is 2.40. The Bertz CT molecular complexity index is 1010. The maximum atomic E-state index is 13.1. The van der Waals surface area contributed by atoms with Gasteiger partial charge in [0.05, 0.1) is 13.6 Å². The Morgan fingerprint density at radius 3 is 2.17 bits per heavy atom. The smallest absolute Gasteiger partial charge is 0.244 e. The van der Waals surface area contributed by atoms with Crippen molar-refractivity contribution in [1.82, 2.24) is 4.57 Å². The van der Waals surface area contributed by atoms with Gasteiger partial charge in [0.15, 0.2) is 0 Å². The van der Waals surface area contributed by atoms with E-state index in [2.05, 4.69) is 13.8 Å². The van der Waals surface area contributed by atoms with Crippen molar-refractivity contribution >= 4 is 22.3 Å². The van der Waals surface area contributed by atoms with Gasteiger partial charge in [0.25, 0.3) is 0 Å². The summed E-state index contributed by atoms with van der Waals surface area (Å²) in [5.41, 5.74) is 2.02. The standard InChI is InChI=1S/C20H19N2O2/c1-12(2)10-22-11-21(3)17-18(22)20(24)16-9-14-7-5-4-6-13(14)8-15(16)19(17)23/h4-9,11-12H,10H2,1-3H3/q+1. The van der Waals surface area contributed by atoms with Crippen LogP contribution in [0.3, 0.4) is 0 Å². The van der Waals surface area contributed by atoms with E-state index in [0.717, 1.165) is 10.8 Å². The molecule has 0 amide bonds. The molecule has 2 aromatic carbocycles. The molecule has 0 fully saturated rings. The molecule has 0 spiro atoms. The molecule has 3 aromatic rings. The van der Waals surface area contributed by atoms with Crippen LogP contribution in [0, 0.1) is 5.92 Å². The largest absolute Gasteiger partial charge is 0.284 e. The summed E-state index contributed by atoms with van der Waals surface area (Å²) in [4.78, 5) is 26.2. The van der Waals surface area contributed by atoms with Gasteiger partial charge in [-0.05, 0) is 28.8 Å². The number of aryl methyl sites for hydroxylation is 1. The first-order chi connectivity index (χ1) is 11.5. The van der Waals surface area contributed by atoms with Gasteiger partial charge in [-0.3, -0.25) is 9.59 Å². The first-order valence-corrected chi connectivity index (χ1v) is 8.18. The van der Waals surface area contributed by atoms with Crippen LogP contribution in [-0.4, -0.2) is 16.1 Å².